The predicted octanol–water partition coefficient (Wildman–Crippen LogP) is 3.46. The quantitative estimate of drug-likeness (QED) is 0.556. The molecule has 0 aliphatic heterocycles. The summed E-state index contributed by atoms with van der Waals surface area (Å²) in [5.74, 6) is -1.94. The van der Waals surface area contributed by atoms with Crippen LogP contribution in [0.2, 0.25) is 0 Å². The highest BCUT2D eigenvalue weighted by atomic mass is 35.5. The van der Waals surface area contributed by atoms with Crippen LogP contribution in [0.1, 0.15) is 5.56 Å². The third kappa shape index (κ3) is 3.06. The first-order chi connectivity index (χ1) is 6.42. The predicted molar refractivity (Wildman–Crippen MR) is 42.6 cm³/mol. The molecule has 1 nitrogen and oxygen atoms in total. The average molecular weight is 229 g/mol. The highest BCUT2D eigenvalue weighted by Crippen LogP contribution is 2.26. The fraction of sp³-hybridized carbons (Fsp3) is 0.250. The minimum Gasteiger partial charge on any atom is -0.403 e. The molecule has 1 aromatic carbocycles. The van der Waals surface area contributed by atoms with E-state index in [4.69, 9.17) is 11.6 Å². The zero-order chi connectivity index (χ0) is 10.8. The molecule has 0 aromatic heterocycles. The highest BCUT2D eigenvalue weighted by molar-refractivity contribution is 6.17. The highest BCUT2D eigenvalue weighted by Gasteiger charge is 2.32. The van der Waals surface area contributed by atoms with E-state index >= 15 is 0 Å². The van der Waals surface area contributed by atoms with Gasteiger partial charge in [-0.1, -0.05) is 6.07 Å². The zero-order valence-electron chi connectivity index (χ0n) is 6.74. The van der Waals surface area contributed by atoms with Gasteiger partial charge < -0.3 is 4.74 Å². The van der Waals surface area contributed by atoms with E-state index in [0.29, 0.717) is 5.56 Å². The third-order valence-corrected chi connectivity index (χ3v) is 1.68. The zero-order valence-corrected chi connectivity index (χ0v) is 7.49. The maximum atomic E-state index is 12.8. The van der Waals surface area contributed by atoms with E-state index in [1.165, 1.54) is 6.07 Å². The summed E-state index contributed by atoms with van der Waals surface area (Å²) in [6, 6.07) is 3.07. The monoisotopic (exact) mass is 228 g/mol. The molecule has 0 saturated carbocycles. The third-order valence-electron chi connectivity index (χ3n) is 1.38. The van der Waals surface area contributed by atoms with Crippen LogP contribution in [0.15, 0.2) is 18.2 Å². The van der Waals surface area contributed by atoms with Crippen molar-refractivity contribution in [2.75, 3.05) is 0 Å². The van der Waals surface area contributed by atoms with Crippen molar-refractivity contribution < 1.29 is 22.3 Å². The molecule has 14 heavy (non-hydrogen) atoms. The summed E-state index contributed by atoms with van der Waals surface area (Å²) in [4.78, 5) is 0. The van der Waals surface area contributed by atoms with Gasteiger partial charge in [0, 0.05) is 5.88 Å². The molecule has 0 amide bonds. The Morgan fingerprint density at radius 3 is 2.43 bits per heavy atom. The summed E-state index contributed by atoms with van der Waals surface area (Å²) < 4.78 is 51.4. The first kappa shape index (κ1) is 11.1. The standard InChI is InChI=1S/C8H5ClF4O/c9-4-5-1-2-6(10)7(3-5)14-8(11,12)13/h1-3H,4H2. The van der Waals surface area contributed by atoms with Crippen LogP contribution in [-0.4, -0.2) is 6.36 Å². The van der Waals surface area contributed by atoms with Crippen LogP contribution in [-0.2, 0) is 5.88 Å². The summed E-state index contributed by atoms with van der Waals surface area (Å²) in [5, 5.41) is 0. The lowest BCUT2D eigenvalue weighted by Gasteiger charge is -2.10. The first-order valence-electron chi connectivity index (χ1n) is 3.52. The molecule has 0 fully saturated rings. The molecule has 6 heteroatoms. The second-order valence-electron chi connectivity index (χ2n) is 2.45. The smallest absolute Gasteiger partial charge is 0.403 e. The van der Waals surface area contributed by atoms with Crippen molar-refractivity contribution >= 4 is 11.6 Å². The number of halogens is 5. The van der Waals surface area contributed by atoms with Gasteiger partial charge in [-0.15, -0.1) is 24.8 Å². The maximum absolute atomic E-state index is 12.8. The van der Waals surface area contributed by atoms with Crippen molar-refractivity contribution in [3.8, 4) is 5.75 Å². The maximum Gasteiger partial charge on any atom is 0.573 e. The van der Waals surface area contributed by atoms with Gasteiger partial charge in [0.05, 0.1) is 0 Å². The molecule has 0 atom stereocenters. The topological polar surface area (TPSA) is 9.23 Å². The van der Waals surface area contributed by atoms with E-state index in [-0.39, 0.29) is 5.88 Å². The van der Waals surface area contributed by atoms with Gasteiger partial charge in [0.15, 0.2) is 11.6 Å². The molecular formula is C8H5ClF4O. The van der Waals surface area contributed by atoms with Gasteiger partial charge in [-0.3, -0.25) is 0 Å². The molecule has 78 valence electrons. The van der Waals surface area contributed by atoms with Gasteiger partial charge in [0.2, 0.25) is 0 Å². The Morgan fingerprint density at radius 2 is 1.93 bits per heavy atom. The van der Waals surface area contributed by atoms with Gasteiger partial charge in [-0.2, -0.15) is 0 Å². The molecule has 0 aliphatic rings. The van der Waals surface area contributed by atoms with Gasteiger partial charge in [-0.05, 0) is 17.7 Å². The molecule has 0 radical (unpaired) electrons. The number of hydrogen-bond donors (Lipinski definition) is 0. The molecule has 1 aromatic rings. The molecule has 0 bridgehead atoms. The molecule has 0 unspecified atom stereocenters. The van der Waals surface area contributed by atoms with Crippen molar-refractivity contribution in [1.29, 1.82) is 0 Å². The number of benzene rings is 1. The second-order valence-corrected chi connectivity index (χ2v) is 2.71. The fourth-order valence-corrected chi connectivity index (χ4v) is 1.00. The normalized spacial score (nSPS) is 11.5. The molecular weight excluding hydrogens is 224 g/mol. The summed E-state index contributed by atoms with van der Waals surface area (Å²) in [6.07, 6.45) is -4.90. The van der Waals surface area contributed by atoms with Crippen molar-refractivity contribution in [1.82, 2.24) is 0 Å². The molecule has 0 aliphatic carbocycles. The van der Waals surface area contributed by atoms with E-state index in [1.807, 2.05) is 0 Å². The van der Waals surface area contributed by atoms with Crippen LogP contribution in [0.3, 0.4) is 0 Å². The number of hydrogen-bond acceptors (Lipinski definition) is 1. The summed E-state index contributed by atoms with van der Waals surface area (Å²) >= 11 is 5.36. The Balaban J connectivity index is 2.95. The van der Waals surface area contributed by atoms with Gasteiger partial charge in [0.25, 0.3) is 0 Å². The number of alkyl halides is 4. The van der Waals surface area contributed by atoms with Crippen LogP contribution in [0, 0.1) is 5.82 Å². The minimum atomic E-state index is -4.90. The summed E-state index contributed by atoms with van der Waals surface area (Å²) in [6.45, 7) is 0. The van der Waals surface area contributed by atoms with E-state index in [1.54, 1.807) is 0 Å². The molecule has 1 rings (SSSR count). The minimum absolute atomic E-state index is 0.00546. The van der Waals surface area contributed by atoms with E-state index in [0.717, 1.165) is 12.1 Å². The van der Waals surface area contributed by atoms with Crippen LogP contribution in [0.25, 0.3) is 0 Å². The lowest BCUT2D eigenvalue weighted by Crippen LogP contribution is -2.18. The molecule has 0 saturated heterocycles. The Kier molecular flexibility index (Phi) is 3.21. The van der Waals surface area contributed by atoms with Crippen LogP contribution < -0.4 is 4.74 Å². The summed E-state index contributed by atoms with van der Waals surface area (Å²) in [7, 11) is 0. The van der Waals surface area contributed by atoms with E-state index in [2.05, 4.69) is 4.74 Å². The Labute approximate surface area is 82.2 Å². The largest absolute Gasteiger partial charge is 0.573 e. The fourth-order valence-electron chi connectivity index (χ4n) is 0.834. The van der Waals surface area contributed by atoms with E-state index in [9.17, 15) is 17.6 Å². The van der Waals surface area contributed by atoms with Gasteiger partial charge in [0.1, 0.15) is 0 Å². The Morgan fingerprint density at radius 1 is 1.29 bits per heavy atom. The SMILES string of the molecule is Fc1ccc(CCl)cc1OC(F)(F)F. The molecule has 0 spiro atoms. The van der Waals surface area contributed by atoms with Crippen molar-refractivity contribution in [3.05, 3.63) is 29.6 Å². The lowest BCUT2D eigenvalue weighted by molar-refractivity contribution is -0.275. The first-order valence-corrected chi connectivity index (χ1v) is 4.06. The molecule has 0 N–H and O–H groups in total. The summed E-state index contributed by atoms with van der Waals surface area (Å²) in [5.41, 5.74) is 0.354. The van der Waals surface area contributed by atoms with Crippen LogP contribution >= 0.6 is 11.6 Å². The van der Waals surface area contributed by atoms with Gasteiger partial charge >= 0.3 is 6.36 Å². The van der Waals surface area contributed by atoms with Crippen molar-refractivity contribution in [2.24, 2.45) is 0 Å². The van der Waals surface area contributed by atoms with Crippen LogP contribution in [0.4, 0.5) is 17.6 Å². The van der Waals surface area contributed by atoms with Crippen molar-refractivity contribution in [3.63, 3.8) is 0 Å². The van der Waals surface area contributed by atoms with Crippen LogP contribution in [0.5, 0.6) is 5.75 Å². The Bertz CT molecular complexity index is 324. The Hall–Kier alpha value is -0.970. The van der Waals surface area contributed by atoms with Crippen molar-refractivity contribution in [2.45, 2.75) is 12.2 Å². The van der Waals surface area contributed by atoms with E-state index < -0.39 is 17.9 Å². The molecule has 0 heterocycles. The lowest BCUT2D eigenvalue weighted by atomic mass is 10.2. The number of rotatable bonds is 2. The average Bonchev–Trinajstić information content (AvgIpc) is 2.06. The second kappa shape index (κ2) is 4.04. The number of ether oxygens (including phenoxy) is 1. The van der Waals surface area contributed by atoms with Gasteiger partial charge in [-0.25, -0.2) is 4.39 Å².